The van der Waals surface area contributed by atoms with Crippen molar-refractivity contribution in [3.63, 3.8) is 0 Å². The summed E-state index contributed by atoms with van der Waals surface area (Å²) in [4.78, 5) is 18.9. The predicted molar refractivity (Wildman–Crippen MR) is 104 cm³/mol. The van der Waals surface area contributed by atoms with Crippen LogP contribution in [0.3, 0.4) is 0 Å². The van der Waals surface area contributed by atoms with Gasteiger partial charge in [0.15, 0.2) is 5.82 Å². The number of fused-ring (bicyclic) bond motifs is 1. The van der Waals surface area contributed by atoms with Gasteiger partial charge in [0.1, 0.15) is 0 Å². The molecule has 10 heteroatoms. The standard InChI is InChI=1S/C18H31N5O4S/c1-5-28(25,26)22-15-8-14-10-23(17(24)19-7-6-12(2)3)11-18(14,9-15)16-20-13(4)21-27-16/h12,14-15,22H,5-11H2,1-4H3,(H,19,24)/t14?,15-,18+/m1/s1. The van der Waals surface area contributed by atoms with Crippen molar-refractivity contribution >= 4 is 16.1 Å². The topological polar surface area (TPSA) is 117 Å². The molecule has 1 unspecified atom stereocenters. The van der Waals surface area contributed by atoms with Crippen molar-refractivity contribution in [1.82, 2.24) is 25.1 Å². The van der Waals surface area contributed by atoms with Crippen molar-refractivity contribution in [2.45, 2.75) is 58.4 Å². The van der Waals surface area contributed by atoms with E-state index in [1.165, 1.54) is 0 Å². The molecule has 1 aromatic heterocycles. The first kappa shape index (κ1) is 21.0. The molecule has 28 heavy (non-hydrogen) atoms. The Labute approximate surface area is 166 Å². The number of amides is 2. The molecule has 1 aromatic rings. The van der Waals surface area contributed by atoms with Crippen molar-refractivity contribution in [3.8, 4) is 0 Å². The fraction of sp³-hybridized carbons (Fsp3) is 0.833. The van der Waals surface area contributed by atoms with Gasteiger partial charge in [-0.05, 0) is 44.9 Å². The Morgan fingerprint density at radius 3 is 2.79 bits per heavy atom. The van der Waals surface area contributed by atoms with Crippen LogP contribution in [0.4, 0.5) is 4.79 Å². The molecule has 2 fully saturated rings. The molecule has 9 nitrogen and oxygen atoms in total. The van der Waals surface area contributed by atoms with Crippen molar-refractivity contribution in [1.29, 1.82) is 0 Å². The molecule has 2 heterocycles. The van der Waals surface area contributed by atoms with Gasteiger partial charge >= 0.3 is 6.03 Å². The summed E-state index contributed by atoms with van der Waals surface area (Å²) in [5.74, 6) is 1.70. The maximum Gasteiger partial charge on any atom is 0.317 e. The van der Waals surface area contributed by atoms with Gasteiger partial charge in [-0.25, -0.2) is 17.9 Å². The van der Waals surface area contributed by atoms with Crippen LogP contribution in [0.15, 0.2) is 4.52 Å². The number of rotatable bonds is 7. The number of hydrogen-bond acceptors (Lipinski definition) is 6. The second-order valence-corrected chi connectivity index (χ2v) is 10.5. The minimum Gasteiger partial charge on any atom is -0.339 e. The molecule has 0 spiro atoms. The van der Waals surface area contributed by atoms with Gasteiger partial charge in [0.2, 0.25) is 15.9 Å². The minimum atomic E-state index is -3.30. The summed E-state index contributed by atoms with van der Waals surface area (Å²) in [6.45, 7) is 9.28. The van der Waals surface area contributed by atoms with Gasteiger partial charge in [0, 0.05) is 25.7 Å². The normalized spacial score (nSPS) is 27.4. The van der Waals surface area contributed by atoms with Crippen LogP contribution in [0.2, 0.25) is 0 Å². The molecule has 158 valence electrons. The Bertz CT molecular complexity index is 809. The summed E-state index contributed by atoms with van der Waals surface area (Å²) in [7, 11) is -3.30. The number of aromatic nitrogens is 2. The molecule has 1 saturated carbocycles. The van der Waals surface area contributed by atoms with Crippen LogP contribution in [-0.2, 0) is 15.4 Å². The lowest BCUT2D eigenvalue weighted by molar-refractivity contribution is 0.199. The maximum absolute atomic E-state index is 12.6. The Morgan fingerprint density at radius 1 is 1.43 bits per heavy atom. The van der Waals surface area contributed by atoms with E-state index in [0.717, 1.165) is 6.42 Å². The highest BCUT2D eigenvalue weighted by Crippen LogP contribution is 2.50. The second-order valence-electron chi connectivity index (χ2n) is 8.45. The van der Waals surface area contributed by atoms with E-state index < -0.39 is 15.4 Å². The average molecular weight is 414 g/mol. The van der Waals surface area contributed by atoms with Gasteiger partial charge in [-0.15, -0.1) is 0 Å². The summed E-state index contributed by atoms with van der Waals surface area (Å²) in [6, 6.07) is -0.273. The first-order valence-corrected chi connectivity index (χ1v) is 11.6. The molecule has 0 radical (unpaired) electrons. The lowest BCUT2D eigenvalue weighted by atomic mass is 9.80. The van der Waals surface area contributed by atoms with Gasteiger partial charge in [-0.2, -0.15) is 4.98 Å². The number of aryl methyl sites for hydroxylation is 1. The SMILES string of the molecule is CCS(=O)(=O)N[C@@H]1CC2CN(C(=O)NCCC(C)C)C[C@@]2(c2nc(C)no2)C1. The molecule has 1 aliphatic heterocycles. The number of hydrogen-bond donors (Lipinski definition) is 2. The maximum atomic E-state index is 12.6. The molecule has 2 N–H and O–H groups in total. The summed E-state index contributed by atoms with van der Waals surface area (Å²) < 4.78 is 32.3. The number of likely N-dealkylation sites (tertiary alicyclic amines) is 1. The van der Waals surface area contributed by atoms with Crippen LogP contribution >= 0.6 is 0 Å². The molecule has 3 rings (SSSR count). The van der Waals surface area contributed by atoms with Crippen LogP contribution in [0.5, 0.6) is 0 Å². The number of nitrogens with one attached hydrogen (secondary N) is 2. The Morgan fingerprint density at radius 2 is 2.18 bits per heavy atom. The van der Waals surface area contributed by atoms with E-state index in [1.54, 1.807) is 18.7 Å². The Hall–Kier alpha value is -1.68. The van der Waals surface area contributed by atoms with Crippen LogP contribution in [0.1, 0.15) is 51.7 Å². The highest BCUT2D eigenvalue weighted by atomic mass is 32.2. The molecule has 2 amide bonds. The Balaban J connectivity index is 1.75. The van der Waals surface area contributed by atoms with E-state index in [-0.39, 0.29) is 23.7 Å². The van der Waals surface area contributed by atoms with Crippen LogP contribution in [0.25, 0.3) is 0 Å². The molecule has 1 saturated heterocycles. The van der Waals surface area contributed by atoms with Crippen molar-refractivity contribution in [3.05, 3.63) is 11.7 Å². The van der Waals surface area contributed by atoms with Gasteiger partial charge in [0.05, 0.1) is 11.2 Å². The summed E-state index contributed by atoms with van der Waals surface area (Å²) in [5.41, 5.74) is -0.502. The molecule has 0 aromatic carbocycles. The van der Waals surface area contributed by atoms with E-state index in [4.69, 9.17) is 4.52 Å². The quantitative estimate of drug-likeness (QED) is 0.698. The van der Waals surface area contributed by atoms with E-state index in [1.807, 2.05) is 0 Å². The van der Waals surface area contributed by atoms with Crippen LogP contribution in [0, 0.1) is 18.8 Å². The smallest absolute Gasteiger partial charge is 0.317 e. The van der Waals surface area contributed by atoms with E-state index in [9.17, 15) is 13.2 Å². The van der Waals surface area contributed by atoms with Crippen molar-refractivity contribution in [2.24, 2.45) is 11.8 Å². The molecule has 2 aliphatic rings. The molecular formula is C18H31N5O4S. The fourth-order valence-electron chi connectivity index (χ4n) is 4.36. The molecular weight excluding hydrogens is 382 g/mol. The highest BCUT2D eigenvalue weighted by molar-refractivity contribution is 7.89. The van der Waals surface area contributed by atoms with Crippen LogP contribution in [-0.4, -0.2) is 60.9 Å². The third kappa shape index (κ3) is 4.32. The average Bonchev–Trinajstić information content (AvgIpc) is 3.26. The second kappa shape index (κ2) is 7.98. The number of urea groups is 1. The highest BCUT2D eigenvalue weighted by Gasteiger charge is 2.58. The third-order valence-electron chi connectivity index (χ3n) is 5.84. The molecule has 3 atom stereocenters. The summed E-state index contributed by atoms with van der Waals surface area (Å²) >= 11 is 0. The first-order valence-electron chi connectivity index (χ1n) is 9.98. The lowest BCUT2D eigenvalue weighted by Crippen LogP contribution is -2.43. The van der Waals surface area contributed by atoms with E-state index in [2.05, 4.69) is 34.0 Å². The lowest BCUT2D eigenvalue weighted by Gasteiger charge is -2.25. The third-order valence-corrected chi connectivity index (χ3v) is 7.29. The zero-order valence-electron chi connectivity index (χ0n) is 17.1. The van der Waals surface area contributed by atoms with E-state index in [0.29, 0.717) is 50.1 Å². The Kier molecular flexibility index (Phi) is 6.00. The largest absolute Gasteiger partial charge is 0.339 e. The van der Waals surface area contributed by atoms with Crippen LogP contribution < -0.4 is 10.0 Å². The fourth-order valence-corrected chi connectivity index (χ4v) is 5.22. The van der Waals surface area contributed by atoms with E-state index >= 15 is 0 Å². The zero-order chi connectivity index (χ0) is 20.5. The van der Waals surface area contributed by atoms with Gasteiger partial charge < -0.3 is 14.7 Å². The van der Waals surface area contributed by atoms with Gasteiger partial charge in [-0.1, -0.05) is 19.0 Å². The van der Waals surface area contributed by atoms with Crippen molar-refractivity contribution in [2.75, 3.05) is 25.4 Å². The van der Waals surface area contributed by atoms with Gasteiger partial charge in [-0.3, -0.25) is 0 Å². The predicted octanol–water partition coefficient (Wildman–Crippen LogP) is 1.41. The number of sulfonamides is 1. The monoisotopic (exact) mass is 413 g/mol. The minimum absolute atomic E-state index is 0.0468. The molecule has 0 bridgehead atoms. The first-order chi connectivity index (χ1) is 13.1. The number of carbonyl (C=O) groups is 1. The number of nitrogens with zero attached hydrogens (tertiary/aromatic N) is 3. The van der Waals surface area contributed by atoms with Crippen molar-refractivity contribution < 1.29 is 17.7 Å². The van der Waals surface area contributed by atoms with Gasteiger partial charge in [0.25, 0.3) is 0 Å². The summed E-state index contributed by atoms with van der Waals surface area (Å²) in [5, 5.41) is 6.91. The summed E-state index contributed by atoms with van der Waals surface area (Å²) in [6.07, 6.45) is 2.13. The zero-order valence-corrected chi connectivity index (χ0v) is 17.9. The molecule has 1 aliphatic carbocycles. The number of carbonyl (C=O) groups excluding carboxylic acids is 1.